The summed E-state index contributed by atoms with van der Waals surface area (Å²) >= 11 is 0. The number of hydrogen-bond donors (Lipinski definition) is 0. The van der Waals surface area contributed by atoms with Crippen LogP contribution >= 0.6 is 0 Å². The highest BCUT2D eigenvalue weighted by Gasteiger charge is 2.32. The van der Waals surface area contributed by atoms with E-state index in [0.29, 0.717) is 6.07 Å². The summed E-state index contributed by atoms with van der Waals surface area (Å²) in [6.45, 7) is 0.0487. The molecule has 1 aliphatic rings. The number of amides is 1. The van der Waals surface area contributed by atoms with Gasteiger partial charge in [-0.2, -0.15) is 4.31 Å². The first-order chi connectivity index (χ1) is 12.8. The van der Waals surface area contributed by atoms with Crippen molar-refractivity contribution in [1.29, 1.82) is 0 Å². The molecule has 144 valence electrons. The van der Waals surface area contributed by atoms with Crippen molar-refractivity contribution in [3.05, 3.63) is 64.6 Å². The van der Waals surface area contributed by atoms with Gasteiger partial charge in [-0.1, -0.05) is 6.07 Å². The van der Waals surface area contributed by atoms with E-state index in [-0.39, 0.29) is 44.2 Å². The molecule has 0 bridgehead atoms. The molecule has 2 aromatic rings. The lowest BCUT2D eigenvalue weighted by molar-refractivity contribution is -0.133. The van der Waals surface area contributed by atoms with Crippen LogP contribution in [0.1, 0.15) is 0 Å². The first-order valence-electron chi connectivity index (χ1n) is 8.17. The SMILES string of the molecule is O=C(Cn1ccccc1=O)N1CCN(S(=O)(=O)c2ccc(F)cc2F)CC1. The van der Waals surface area contributed by atoms with Gasteiger partial charge in [0.25, 0.3) is 5.56 Å². The lowest BCUT2D eigenvalue weighted by atomic mass is 10.3. The second-order valence-electron chi connectivity index (χ2n) is 6.03. The van der Waals surface area contributed by atoms with Crippen LogP contribution in [0.15, 0.2) is 52.3 Å². The van der Waals surface area contributed by atoms with E-state index in [1.54, 1.807) is 12.1 Å². The fourth-order valence-corrected chi connectivity index (χ4v) is 4.31. The molecule has 7 nitrogen and oxygen atoms in total. The van der Waals surface area contributed by atoms with Gasteiger partial charge in [-0.15, -0.1) is 0 Å². The van der Waals surface area contributed by atoms with Crippen molar-refractivity contribution in [2.24, 2.45) is 0 Å². The van der Waals surface area contributed by atoms with E-state index in [9.17, 15) is 26.8 Å². The number of hydrogen-bond acceptors (Lipinski definition) is 4. The zero-order valence-corrected chi connectivity index (χ0v) is 15.0. The van der Waals surface area contributed by atoms with Crippen LogP contribution in [0, 0.1) is 11.6 Å². The first kappa shape index (κ1) is 19.2. The Morgan fingerprint density at radius 1 is 1.04 bits per heavy atom. The predicted molar refractivity (Wildman–Crippen MR) is 92.4 cm³/mol. The highest BCUT2D eigenvalue weighted by Crippen LogP contribution is 2.21. The van der Waals surface area contributed by atoms with Gasteiger partial charge in [0.1, 0.15) is 23.1 Å². The van der Waals surface area contributed by atoms with Crippen LogP contribution in [0.4, 0.5) is 8.78 Å². The van der Waals surface area contributed by atoms with Crippen LogP contribution < -0.4 is 5.56 Å². The Kier molecular flexibility index (Phi) is 5.38. The monoisotopic (exact) mass is 397 g/mol. The molecule has 1 amide bonds. The van der Waals surface area contributed by atoms with E-state index in [0.717, 1.165) is 16.4 Å². The minimum atomic E-state index is -4.13. The molecule has 0 saturated carbocycles. The zero-order chi connectivity index (χ0) is 19.6. The van der Waals surface area contributed by atoms with E-state index in [4.69, 9.17) is 0 Å². The molecule has 1 aromatic heterocycles. The highest BCUT2D eigenvalue weighted by atomic mass is 32.2. The number of rotatable bonds is 4. The van der Waals surface area contributed by atoms with Crippen molar-refractivity contribution in [2.45, 2.75) is 11.4 Å². The molecule has 3 rings (SSSR count). The van der Waals surface area contributed by atoms with Gasteiger partial charge in [-0.3, -0.25) is 9.59 Å². The van der Waals surface area contributed by atoms with E-state index in [2.05, 4.69) is 0 Å². The Hall–Kier alpha value is -2.59. The quantitative estimate of drug-likeness (QED) is 0.759. The Labute approximate surface area is 154 Å². The fraction of sp³-hybridized carbons (Fsp3) is 0.294. The summed E-state index contributed by atoms with van der Waals surface area (Å²) in [6, 6.07) is 6.84. The Balaban J connectivity index is 1.67. The summed E-state index contributed by atoms with van der Waals surface area (Å²) in [4.78, 5) is 24.9. The van der Waals surface area contributed by atoms with Gasteiger partial charge in [0, 0.05) is 44.5 Å². The van der Waals surface area contributed by atoms with Crippen molar-refractivity contribution in [3.63, 3.8) is 0 Å². The Bertz CT molecular complexity index is 1010. The molecule has 0 spiro atoms. The summed E-state index contributed by atoms with van der Waals surface area (Å²) < 4.78 is 54.3. The fourth-order valence-electron chi connectivity index (χ4n) is 2.84. The number of pyridine rings is 1. The molecule has 27 heavy (non-hydrogen) atoms. The predicted octanol–water partition coefficient (Wildman–Crippen LogP) is 0.660. The van der Waals surface area contributed by atoms with Crippen LogP contribution in [0.25, 0.3) is 0 Å². The largest absolute Gasteiger partial charge is 0.339 e. The van der Waals surface area contributed by atoms with Crippen LogP contribution in [0.2, 0.25) is 0 Å². The van der Waals surface area contributed by atoms with Crippen LogP contribution in [-0.2, 0) is 21.4 Å². The Morgan fingerprint density at radius 3 is 2.37 bits per heavy atom. The summed E-state index contributed by atoms with van der Waals surface area (Å²) in [7, 11) is -4.13. The molecule has 1 aromatic carbocycles. The molecule has 1 fully saturated rings. The molecular weight excluding hydrogens is 380 g/mol. The number of sulfonamides is 1. The number of benzene rings is 1. The standard InChI is InChI=1S/C17H17F2N3O4S/c18-13-4-5-15(14(19)11-13)27(25,26)22-9-7-20(8-10-22)17(24)12-21-6-2-1-3-16(21)23/h1-6,11H,7-10,12H2. The summed E-state index contributed by atoms with van der Waals surface area (Å²) in [6.07, 6.45) is 1.50. The number of piperazine rings is 1. The van der Waals surface area contributed by atoms with Gasteiger partial charge in [-0.05, 0) is 18.2 Å². The second kappa shape index (κ2) is 7.57. The van der Waals surface area contributed by atoms with E-state index in [1.807, 2.05) is 0 Å². The molecule has 10 heteroatoms. The third-order valence-corrected chi connectivity index (χ3v) is 6.24. The minimum absolute atomic E-state index is 0.0193. The third-order valence-electron chi connectivity index (χ3n) is 4.31. The molecule has 0 N–H and O–H groups in total. The van der Waals surface area contributed by atoms with Crippen molar-refractivity contribution in [3.8, 4) is 0 Å². The maximum atomic E-state index is 13.8. The van der Waals surface area contributed by atoms with Crippen LogP contribution in [0.5, 0.6) is 0 Å². The average Bonchev–Trinajstić information content (AvgIpc) is 2.63. The third kappa shape index (κ3) is 4.06. The van der Waals surface area contributed by atoms with Crippen LogP contribution in [0.3, 0.4) is 0 Å². The van der Waals surface area contributed by atoms with Gasteiger partial charge >= 0.3 is 0 Å². The van der Waals surface area contributed by atoms with Gasteiger partial charge in [0.2, 0.25) is 15.9 Å². The number of carbonyl (C=O) groups excluding carboxylic acids is 1. The molecule has 2 heterocycles. The van der Waals surface area contributed by atoms with E-state index < -0.39 is 26.6 Å². The summed E-state index contributed by atoms with van der Waals surface area (Å²) in [5.41, 5.74) is -0.307. The lowest BCUT2D eigenvalue weighted by Gasteiger charge is -2.34. The van der Waals surface area contributed by atoms with Gasteiger partial charge in [0.05, 0.1) is 0 Å². The summed E-state index contributed by atoms with van der Waals surface area (Å²) in [5.74, 6) is -2.33. The van der Waals surface area contributed by atoms with E-state index >= 15 is 0 Å². The number of nitrogens with zero attached hydrogens (tertiary/aromatic N) is 3. The normalized spacial score (nSPS) is 15.7. The maximum Gasteiger partial charge on any atom is 0.250 e. The molecular formula is C17H17F2N3O4S. The topological polar surface area (TPSA) is 79.7 Å². The van der Waals surface area contributed by atoms with Gasteiger partial charge in [-0.25, -0.2) is 17.2 Å². The second-order valence-corrected chi connectivity index (χ2v) is 7.93. The number of carbonyl (C=O) groups is 1. The smallest absolute Gasteiger partial charge is 0.250 e. The number of halogens is 2. The zero-order valence-electron chi connectivity index (χ0n) is 14.2. The van der Waals surface area contributed by atoms with Gasteiger partial charge in [0.15, 0.2) is 0 Å². The van der Waals surface area contributed by atoms with Crippen molar-refractivity contribution < 1.29 is 22.0 Å². The molecule has 0 atom stereocenters. The first-order valence-corrected chi connectivity index (χ1v) is 9.61. The molecule has 0 unspecified atom stereocenters. The molecule has 1 aliphatic heterocycles. The van der Waals surface area contributed by atoms with Crippen molar-refractivity contribution >= 4 is 15.9 Å². The van der Waals surface area contributed by atoms with Crippen molar-refractivity contribution in [1.82, 2.24) is 13.8 Å². The average molecular weight is 397 g/mol. The van der Waals surface area contributed by atoms with E-state index in [1.165, 1.54) is 21.7 Å². The highest BCUT2D eigenvalue weighted by molar-refractivity contribution is 7.89. The maximum absolute atomic E-state index is 13.8. The van der Waals surface area contributed by atoms with Crippen molar-refractivity contribution in [2.75, 3.05) is 26.2 Å². The summed E-state index contributed by atoms with van der Waals surface area (Å²) in [5, 5.41) is 0. The molecule has 1 saturated heterocycles. The van der Waals surface area contributed by atoms with Gasteiger partial charge < -0.3 is 9.47 Å². The molecule has 0 aliphatic carbocycles. The lowest BCUT2D eigenvalue weighted by Crippen LogP contribution is -2.51. The van der Waals surface area contributed by atoms with Crippen LogP contribution in [-0.4, -0.2) is 54.3 Å². The number of aromatic nitrogens is 1. The Morgan fingerprint density at radius 2 is 1.74 bits per heavy atom. The molecule has 0 radical (unpaired) electrons. The minimum Gasteiger partial charge on any atom is -0.339 e.